The van der Waals surface area contributed by atoms with E-state index in [9.17, 15) is 0 Å². The second kappa shape index (κ2) is 7.37. The van der Waals surface area contributed by atoms with Crippen LogP contribution in [-0.2, 0) is 0 Å². The fourth-order valence-electron chi connectivity index (χ4n) is 2.12. The average Bonchev–Trinajstić information content (AvgIpc) is 2.49. The van der Waals surface area contributed by atoms with E-state index in [4.69, 9.17) is 0 Å². The highest BCUT2D eigenvalue weighted by molar-refractivity contribution is 7.99. The van der Waals surface area contributed by atoms with Crippen molar-refractivity contribution < 1.29 is 0 Å². The lowest BCUT2D eigenvalue weighted by atomic mass is 10.0. The summed E-state index contributed by atoms with van der Waals surface area (Å²) in [6.45, 7) is 2.20. The van der Waals surface area contributed by atoms with Crippen molar-refractivity contribution in [2.45, 2.75) is 13.0 Å². The van der Waals surface area contributed by atoms with E-state index in [1.165, 1.54) is 22.4 Å². The van der Waals surface area contributed by atoms with Gasteiger partial charge in [-0.1, -0.05) is 61.5 Å². The van der Waals surface area contributed by atoms with E-state index in [0.717, 1.165) is 5.75 Å². The van der Waals surface area contributed by atoms with Gasteiger partial charge in [0.1, 0.15) is 0 Å². The lowest BCUT2D eigenvalue weighted by Gasteiger charge is -2.16. The number of hydrogen-bond donors (Lipinski definition) is 1. The molecule has 0 radical (unpaired) electrons. The second-order valence-corrected chi connectivity index (χ2v) is 5.81. The van der Waals surface area contributed by atoms with E-state index >= 15 is 0 Å². The summed E-state index contributed by atoms with van der Waals surface area (Å²) in [4.78, 5) is 0. The first-order valence-corrected chi connectivity index (χ1v) is 7.91. The summed E-state index contributed by atoms with van der Waals surface area (Å²) < 4.78 is 0. The van der Waals surface area contributed by atoms with Crippen molar-refractivity contribution in [2.24, 2.45) is 0 Å². The van der Waals surface area contributed by atoms with Crippen molar-refractivity contribution in [1.82, 2.24) is 5.32 Å². The van der Waals surface area contributed by atoms with Gasteiger partial charge in [0.05, 0.1) is 0 Å². The van der Waals surface area contributed by atoms with Crippen LogP contribution in [0.15, 0.2) is 54.6 Å². The molecule has 2 rings (SSSR count). The minimum Gasteiger partial charge on any atom is -0.312 e. The maximum atomic E-state index is 3.39. The second-order valence-electron chi connectivity index (χ2n) is 4.49. The molecule has 100 valence electrons. The molecule has 0 heterocycles. The van der Waals surface area contributed by atoms with E-state index < -0.39 is 0 Å². The van der Waals surface area contributed by atoms with E-state index in [1.807, 2.05) is 18.8 Å². The molecule has 0 aromatic heterocycles. The quantitative estimate of drug-likeness (QED) is 0.837. The maximum Gasteiger partial charge on any atom is 0.0409 e. The van der Waals surface area contributed by atoms with Crippen molar-refractivity contribution in [2.75, 3.05) is 18.6 Å². The molecule has 1 unspecified atom stereocenters. The largest absolute Gasteiger partial charge is 0.312 e. The Hall–Kier alpha value is -1.25. The minimum atomic E-state index is 0.440. The summed E-state index contributed by atoms with van der Waals surface area (Å²) in [5, 5.41) is 3.39. The van der Waals surface area contributed by atoms with Gasteiger partial charge in [-0.2, -0.15) is 11.8 Å². The minimum absolute atomic E-state index is 0.440. The van der Waals surface area contributed by atoms with Crippen LogP contribution in [0.2, 0.25) is 0 Å². The third kappa shape index (κ3) is 3.85. The average molecular weight is 271 g/mol. The smallest absolute Gasteiger partial charge is 0.0409 e. The van der Waals surface area contributed by atoms with E-state index in [2.05, 4.69) is 66.8 Å². The normalized spacial score (nSPS) is 12.3. The zero-order valence-corrected chi connectivity index (χ0v) is 12.4. The Morgan fingerprint density at radius 2 is 1.58 bits per heavy atom. The fourth-order valence-corrected chi connectivity index (χ4v) is 2.95. The molecule has 0 aliphatic carbocycles. The van der Waals surface area contributed by atoms with Gasteiger partial charge in [0.25, 0.3) is 0 Å². The number of benzene rings is 2. The Balaban J connectivity index is 2.13. The number of hydrogen-bond acceptors (Lipinski definition) is 2. The predicted molar refractivity (Wildman–Crippen MR) is 86.7 cm³/mol. The molecule has 2 aromatic rings. The van der Waals surface area contributed by atoms with Gasteiger partial charge in [0.2, 0.25) is 0 Å². The summed E-state index contributed by atoms with van der Waals surface area (Å²) in [6, 6.07) is 19.9. The van der Waals surface area contributed by atoms with Gasteiger partial charge in [-0.3, -0.25) is 0 Å². The zero-order valence-electron chi connectivity index (χ0n) is 11.6. The van der Waals surface area contributed by atoms with Crippen LogP contribution in [0.5, 0.6) is 0 Å². The van der Waals surface area contributed by atoms with Crippen molar-refractivity contribution >= 4 is 11.8 Å². The molecule has 1 N–H and O–H groups in total. The van der Waals surface area contributed by atoms with Crippen LogP contribution < -0.4 is 5.32 Å². The summed E-state index contributed by atoms with van der Waals surface area (Å²) in [5.41, 5.74) is 3.92. The van der Waals surface area contributed by atoms with Crippen molar-refractivity contribution in [1.29, 1.82) is 0 Å². The zero-order chi connectivity index (χ0) is 13.5. The van der Waals surface area contributed by atoms with Crippen LogP contribution >= 0.6 is 11.8 Å². The molecule has 2 aromatic carbocycles. The Labute approximate surface area is 120 Å². The van der Waals surface area contributed by atoms with Gasteiger partial charge in [-0.25, -0.2) is 0 Å². The Morgan fingerprint density at radius 3 is 2.16 bits per heavy atom. The molecule has 0 aliphatic rings. The molecular formula is C17H21NS. The van der Waals surface area contributed by atoms with E-state index in [1.54, 1.807) is 0 Å². The molecule has 1 nitrogen and oxygen atoms in total. The third-order valence-electron chi connectivity index (χ3n) is 3.26. The van der Waals surface area contributed by atoms with Crippen LogP contribution in [-0.4, -0.2) is 18.6 Å². The third-order valence-corrected chi connectivity index (χ3v) is 4.23. The maximum absolute atomic E-state index is 3.39. The van der Waals surface area contributed by atoms with E-state index in [0.29, 0.717) is 6.04 Å². The molecule has 0 bridgehead atoms. The van der Waals surface area contributed by atoms with Crippen LogP contribution in [0, 0.1) is 0 Å². The van der Waals surface area contributed by atoms with Crippen LogP contribution in [0.1, 0.15) is 18.5 Å². The van der Waals surface area contributed by atoms with Crippen molar-refractivity contribution in [3.8, 4) is 11.1 Å². The summed E-state index contributed by atoms with van der Waals surface area (Å²) in [5.74, 6) is 2.29. The first-order valence-electron chi connectivity index (χ1n) is 6.75. The Kier molecular flexibility index (Phi) is 5.49. The van der Waals surface area contributed by atoms with Crippen LogP contribution in [0.3, 0.4) is 0 Å². The first kappa shape index (κ1) is 14.2. The molecule has 0 amide bonds. The van der Waals surface area contributed by atoms with E-state index in [-0.39, 0.29) is 0 Å². The first-order chi connectivity index (χ1) is 9.35. The lowest BCUT2D eigenvalue weighted by Crippen LogP contribution is -2.18. The Bertz CT molecular complexity index is 478. The van der Waals surface area contributed by atoms with Gasteiger partial charge < -0.3 is 5.32 Å². The highest BCUT2D eigenvalue weighted by Crippen LogP contribution is 2.23. The molecule has 0 fully saturated rings. The lowest BCUT2D eigenvalue weighted by molar-refractivity contribution is 0.662. The molecule has 0 spiro atoms. The van der Waals surface area contributed by atoms with Gasteiger partial charge in [0, 0.05) is 11.8 Å². The van der Waals surface area contributed by atoms with Crippen molar-refractivity contribution in [3.05, 3.63) is 60.2 Å². The molecular weight excluding hydrogens is 250 g/mol. The molecule has 0 aliphatic heterocycles. The van der Waals surface area contributed by atoms with Gasteiger partial charge in [-0.05, 0) is 29.5 Å². The highest BCUT2D eigenvalue weighted by atomic mass is 32.2. The van der Waals surface area contributed by atoms with Crippen LogP contribution in [0.4, 0.5) is 0 Å². The molecule has 0 saturated heterocycles. The van der Waals surface area contributed by atoms with Gasteiger partial charge in [0.15, 0.2) is 0 Å². The summed E-state index contributed by atoms with van der Waals surface area (Å²) in [7, 11) is 2.03. The Morgan fingerprint density at radius 1 is 0.947 bits per heavy atom. The fraction of sp³-hybridized carbons (Fsp3) is 0.294. The molecule has 0 saturated carbocycles. The topological polar surface area (TPSA) is 12.0 Å². The summed E-state index contributed by atoms with van der Waals surface area (Å²) >= 11 is 1.97. The predicted octanol–water partition coefficient (Wildman–Crippen LogP) is 4.37. The van der Waals surface area contributed by atoms with Gasteiger partial charge >= 0.3 is 0 Å². The van der Waals surface area contributed by atoms with Crippen molar-refractivity contribution in [3.63, 3.8) is 0 Å². The van der Waals surface area contributed by atoms with Crippen LogP contribution in [0.25, 0.3) is 11.1 Å². The monoisotopic (exact) mass is 271 g/mol. The molecule has 2 heteroatoms. The molecule has 19 heavy (non-hydrogen) atoms. The highest BCUT2D eigenvalue weighted by Gasteiger charge is 2.08. The number of rotatable bonds is 6. The number of nitrogens with one attached hydrogen (secondary N) is 1. The number of thioether (sulfide) groups is 1. The summed E-state index contributed by atoms with van der Waals surface area (Å²) in [6.07, 6.45) is 0. The molecule has 1 atom stereocenters. The van der Waals surface area contributed by atoms with Gasteiger partial charge in [-0.15, -0.1) is 0 Å². The SMILES string of the molecule is CCSCC(NC)c1ccc(-c2ccccc2)cc1. The standard InChI is InChI=1S/C17H21NS/c1-3-19-13-17(18-2)16-11-9-15(10-12-16)14-7-5-4-6-8-14/h4-12,17-18H,3,13H2,1-2H3.